The normalized spacial score (nSPS) is 15.8. The topological polar surface area (TPSA) is 29.9 Å². The van der Waals surface area contributed by atoms with E-state index in [1.807, 2.05) is 0 Å². The molecule has 0 radical (unpaired) electrons. The third-order valence-corrected chi connectivity index (χ3v) is 5.76. The van der Waals surface area contributed by atoms with Crippen molar-refractivity contribution < 1.29 is 0 Å². The highest BCUT2D eigenvalue weighted by atomic mass is 32.1. The summed E-state index contributed by atoms with van der Waals surface area (Å²) in [6.45, 7) is 4.31. The van der Waals surface area contributed by atoms with Crippen LogP contribution < -0.4 is 5.32 Å². The molecule has 1 atom stereocenters. The lowest BCUT2D eigenvalue weighted by Gasteiger charge is -2.29. The minimum atomic E-state index is 0.0852. The fourth-order valence-corrected chi connectivity index (χ4v) is 4.23. The molecule has 118 valence electrons. The third-order valence-electron chi connectivity index (χ3n) is 4.84. The number of aryl methyl sites for hydroxylation is 2. The average Bonchev–Trinajstić information content (AvgIpc) is 3.23. The van der Waals surface area contributed by atoms with Gasteiger partial charge < -0.3 is 5.32 Å². The molecule has 0 spiro atoms. The van der Waals surface area contributed by atoms with Crippen molar-refractivity contribution in [2.45, 2.75) is 20.0 Å². The number of benzene rings is 2. The molecule has 3 nitrogen and oxygen atoms in total. The molecule has 0 bridgehead atoms. The maximum Gasteiger partial charge on any atom is 0.145 e. The van der Waals surface area contributed by atoms with Crippen LogP contribution in [-0.4, -0.2) is 9.55 Å². The lowest BCUT2D eigenvalue weighted by Crippen LogP contribution is -2.23. The monoisotopic (exact) mass is 331 g/mol. The summed E-state index contributed by atoms with van der Waals surface area (Å²) in [5.74, 6) is 1.04. The first-order valence-electron chi connectivity index (χ1n) is 8.11. The van der Waals surface area contributed by atoms with Crippen LogP contribution in [-0.2, 0) is 0 Å². The van der Waals surface area contributed by atoms with Crippen LogP contribution in [0.5, 0.6) is 0 Å². The van der Waals surface area contributed by atoms with Crippen molar-refractivity contribution in [1.82, 2.24) is 9.55 Å². The highest BCUT2D eigenvalue weighted by Gasteiger charge is 2.28. The number of para-hydroxylation sites is 1. The van der Waals surface area contributed by atoms with E-state index in [-0.39, 0.29) is 6.17 Å². The highest BCUT2D eigenvalue weighted by Crippen LogP contribution is 2.41. The van der Waals surface area contributed by atoms with Crippen molar-refractivity contribution in [3.63, 3.8) is 0 Å². The molecule has 0 saturated heterocycles. The molecule has 2 aromatic carbocycles. The average molecular weight is 331 g/mol. The molecule has 1 N–H and O–H groups in total. The second-order valence-corrected chi connectivity index (χ2v) is 7.32. The van der Waals surface area contributed by atoms with Gasteiger partial charge in [-0.15, -0.1) is 11.3 Å². The maximum absolute atomic E-state index is 4.98. The molecule has 5 rings (SSSR count). The van der Waals surface area contributed by atoms with Crippen LogP contribution in [0.1, 0.15) is 22.2 Å². The number of aromatic nitrogens is 2. The molecular weight excluding hydrogens is 314 g/mol. The van der Waals surface area contributed by atoms with Gasteiger partial charge in [0.2, 0.25) is 0 Å². The SMILES string of the molecule is Cc1cc2nc3n(c2cc1C)C(c1cccs1)Nc1ccccc1-3. The number of hydrogen-bond donors (Lipinski definition) is 1. The fraction of sp³-hybridized carbons (Fsp3) is 0.150. The van der Waals surface area contributed by atoms with Crippen LogP contribution in [0.15, 0.2) is 53.9 Å². The van der Waals surface area contributed by atoms with Crippen LogP contribution in [0, 0.1) is 13.8 Å². The molecule has 0 fully saturated rings. The molecule has 1 unspecified atom stereocenters. The molecular formula is C20H17N3S. The number of imidazole rings is 1. The van der Waals surface area contributed by atoms with E-state index in [0.717, 1.165) is 22.6 Å². The van der Waals surface area contributed by atoms with E-state index in [4.69, 9.17) is 4.98 Å². The van der Waals surface area contributed by atoms with E-state index in [1.54, 1.807) is 11.3 Å². The smallest absolute Gasteiger partial charge is 0.145 e. The molecule has 4 aromatic rings. The van der Waals surface area contributed by atoms with Crippen LogP contribution in [0.2, 0.25) is 0 Å². The Morgan fingerprint density at radius 1 is 1.04 bits per heavy atom. The summed E-state index contributed by atoms with van der Waals surface area (Å²) in [5, 5.41) is 5.83. The minimum Gasteiger partial charge on any atom is -0.360 e. The molecule has 24 heavy (non-hydrogen) atoms. The predicted octanol–water partition coefficient (Wildman–Crippen LogP) is 5.35. The van der Waals surface area contributed by atoms with E-state index < -0.39 is 0 Å². The van der Waals surface area contributed by atoms with Gasteiger partial charge in [-0.05, 0) is 60.7 Å². The Labute approximate surface area is 144 Å². The van der Waals surface area contributed by atoms with E-state index in [9.17, 15) is 0 Å². The first kappa shape index (κ1) is 13.8. The van der Waals surface area contributed by atoms with Crippen molar-refractivity contribution in [3.8, 4) is 11.4 Å². The number of anilines is 1. The molecule has 2 aromatic heterocycles. The quantitative estimate of drug-likeness (QED) is 0.509. The van der Waals surface area contributed by atoms with Gasteiger partial charge >= 0.3 is 0 Å². The van der Waals surface area contributed by atoms with E-state index in [0.29, 0.717) is 0 Å². The molecule has 1 aliphatic heterocycles. The molecule has 0 saturated carbocycles. The van der Waals surface area contributed by atoms with Gasteiger partial charge in [0.05, 0.1) is 11.0 Å². The number of hydrogen-bond acceptors (Lipinski definition) is 3. The zero-order valence-electron chi connectivity index (χ0n) is 13.6. The maximum atomic E-state index is 4.98. The number of nitrogens with one attached hydrogen (secondary N) is 1. The molecule has 4 heteroatoms. The molecule has 3 heterocycles. The third kappa shape index (κ3) is 1.86. The van der Waals surface area contributed by atoms with Gasteiger partial charge in [0.1, 0.15) is 12.0 Å². The van der Waals surface area contributed by atoms with Gasteiger partial charge in [0.15, 0.2) is 0 Å². The highest BCUT2D eigenvalue weighted by molar-refractivity contribution is 7.10. The Kier molecular flexibility index (Phi) is 2.85. The van der Waals surface area contributed by atoms with Crippen LogP contribution in [0.3, 0.4) is 0 Å². The second kappa shape index (κ2) is 4.95. The largest absolute Gasteiger partial charge is 0.360 e. The van der Waals surface area contributed by atoms with Gasteiger partial charge in [-0.3, -0.25) is 4.57 Å². The van der Waals surface area contributed by atoms with Gasteiger partial charge in [-0.2, -0.15) is 0 Å². The molecule has 0 aliphatic carbocycles. The van der Waals surface area contributed by atoms with Crippen LogP contribution in [0.25, 0.3) is 22.4 Å². The van der Waals surface area contributed by atoms with E-state index in [2.05, 4.69) is 77.6 Å². The Morgan fingerprint density at radius 3 is 2.71 bits per heavy atom. The Hall–Kier alpha value is -2.59. The zero-order chi connectivity index (χ0) is 16.3. The lowest BCUT2D eigenvalue weighted by atomic mass is 10.1. The summed E-state index contributed by atoms with van der Waals surface area (Å²) in [7, 11) is 0. The van der Waals surface area contributed by atoms with Gasteiger partial charge in [-0.25, -0.2) is 4.98 Å². The first-order valence-corrected chi connectivity index (χ1v) is 8.99. The van der Waals surface area contributed by atoms with Crippen LogP contribution >= 0.6 is 11.3 Å². The summed E-state index contributed by atoms with van der Waals surface area (Å²) in [5.41, 5.74) is 7.14. The van der Waals surface area contributed by atoms with E-state index >= 15 is 0 Å². The van der Waals surface area contributed by atoms with Crippen molar-refractivity contribution >= 4 is 28.1 Å². The number of rotatable bonds is 1. The Balaban J connectivity index is 1.87. The number of fused-ring (bicyclic) bond motifs is 5. The summed E-state index contributed by atoms with van der Waals surface area (Å²) >= 11 is 1.78. The molecule has 1 aliphatic rings. The van der Waals surface area contributed by atoms with Crippen molar-refractivity contribution in [2.75, 3.05) is 5.32 Å². The summed E-state index contributed by atoms with van der Waals surface area (Å²) in [4.78, 5) is 6.28. The summed E-state index contributed by atoms with van der Waals surface area (Å²) in [6.07, 6.45) is 0.0852. The van der Waals surface area contributed by atoms with Crippen molar-refractivity contribution in [1.29, 1.82) is 0 Å². The van der Waals surface area contributed by atoms with Crippen molar-refractivity contribution in [3.05, 3.63) is 69.9 Å². The minimum absolute atomic E-state index is 0.0852. The standard InChI is InChI=1S/C20H17N3S/c1-12-10-16-17(11-13(12)2)23-19(22-16)14-6-3-4-7-15(14)21-20(23)18-8-5-9-24-18/h3-11,20-21H,1-2H3. The fourth-order valence-electron chi connectivity index (χ4n) is 3.46. The first-order chi connectivity index (χ1) is 11.7. The number of thiophene rings is 1. The lowest BCUT2D eigenvalue weighted by molar-refractivity contribution is 0.680. The Bertz CT molecular complexity index is 1060. The van der Waals surface area contributed by atoms with E-state index in [1.165, 1.54) is 21.5 Å². The summed E-state index contributed by atoms with van der Waals surface area (Å²) < 4.78 is 2.34. The zero-order valence-corrected chi connectivity index (χ0v) is 14.4. The van der Waals surface area contributed by atoms with Gasteiger partial charge in [-0.1, -0.05) is 18.2 Å². The van der Waals surface area contributed by atoms with Gasteiger partial charge in [0, 0.05) is 16.1 Å². The molecule has 0 amide bonds. The second-order valence-electron chi connectivity index (χ2n) is 6.34. The van der Waals surface area contributed by atoms with Crippen LogP contribution in [0.4, 0.5) is 5.69 Å². The van der Waals surface area contributed by atoms with Crippen molar-refractivity contribution in [2.24, 2.45) is 0 Å². The number of nitrogens with zero attached hydrogens (tertiary/aromatic N) is 2. The predicted molar refractivity (Wildman–Crippen MR) is 101 cm³/mol. The summed E-state index contributed by atoms with van der Waals surface area (Å²) in [6, 6.07) is 17.2. The Morgan fingerprint density at radius 2 is 1.88 bits per heavy atom. The van der Waals surface area contributed by atoms with Gasteiger partial charge in [0.25, 0.3) is 0 Å².